The zero-order valence-electron chi connectivity index (χ0n) is 26.4. The third-order valence-corrected chi connectivity index (χ3v) is 10.4. The third kappa shape index (κ3) is 6.18. The van der Waals surface area contributed by atoms with Gasteiger partial charge in [0.25, 0.3) is 0 Å². The van der Waals surface area contributed by atoms with Crippen molar-refractivity contribution in [1.29, 1.82) is 0 Å². The predicted octanol–water partition coefficient (Wildman–Crippen LogP) is 10.0. The van der Waals surface area contributed by atoms with Gasteiger partial charge in [0.1, 0.15) is 18.0 Å². The van der Waals surface area contributed by atoms with Crippen LogP contribution < -0.4 is 5.32 Å². The first-order valence-corrected chi connectivity index (χ1v) is 16.5. The average molecular weight is 580 g/mol. The number of nitrogens with one attached hydrogen (secondary N) is 1. The molecule has 3 nitrogen and oxygen atoms in total. The van der Waals surface area contributed by atoms with E-state index in [1.165, 1.54) is 33.4 Å². The fraction of sp³-hybridized carbons (Fsp3) is 0.487. The first-order valence-electron chi connectivity index (χ1n) is 16.5. The molecular weight excluding hydrogens is 533 g/mol. The van der Waals surface area contributed by atoms with Crippen molar-refractivity contribution in [3.63, 3.8) is 0 Å². The zero-order chi connectivity index (χ0) is 30.1. The van der Waals surface area contributed by atoms with Gasteiger partial charge in [0.05, 0.1) is 0 Å². The highest BCUT2D eigenvalue weighted by atomic mass is 19.1. The highest BCUT2D eigenvalue weighted by molar-refractivity contribution is 5.96. The van der Waals surface area contributed by atoms with E-state index < -0.39 is 5.67 Å². The standard InChI is InChI=1S/C39H46FNO2/c1-5-29-20-33-22-31(15-16-36(33)41-38(29)42)35-19-28(23-39(40)17-9-6-10-18-39)13-14-30-21-32(11-7-8-12-34(30)35)37-26(3)25(2)24-43-27(37)4/h8,11,15-16,19,21-22,28-29H,5-7,9-10,13-14,17-18,20,23-24H2,1-4H3,(H,41,42). The Morgan fingerprint density at radius 3 is 2.74 bits per heavy atom. The SMILES string of the molecule is CCC1Cc2cc(C3=CC(CC4(F)CCCCC4)CCC4=CC(C5=C(C)OCC(C)=C5C)=CCC=C=C43)ccc2NC1=O. The molecule has 2 aliphatic heterocycles. The van der Waals surface area contributed by atoms with Crippen LogP contribution in [0.2, 0.25) is 0 Å². The topological polar surface area (TPSA) is 38.3 Å². The highest BCUT2D eigenvalue weighted by Crippen LogP contribution is 2.45. The molecule has 226 valence electrons. The lowest BCUT2D eigenvalue weighted by Crippen LogP contribution is -2.29. The van der Waals surface area contributed by atoms with Gasteiger partial charge in [0.2, 0.25) is 5.91 Å². The molecule has 1 saturated carbocycles. The number of fused-ring (bicyclic) bond motifs is 2. The van der Waals surface area contributed by atoms with Crippen molar-refractivity contribution in [1.82, 2.24) is 0 Å². The van der Waals surface area contributed by atoms with Crippen LogP contribution in [0.15, 0.2) is 87.4 Å². The van der Waals surface area contributed by atoms with Gasteiger partial charge in [-0.25, -0.2) is 4.39 Å². The number of amides is 1. The Morgan fingerprint density at radius 1 is 1.14 bits per heavy atom. The van der Waals surface area contributed by atoms with Crippen LogP contribution in [-0.4, -0.2) is 18.2 Å². The van der Waals surface area contributed by atoms with E-state index in [-0.39, 0.29) is 17.7 Å². The molecule has 0 saturated heterocycles. The molecule has 2 heterocycles. The number of anilines is 1. The van der Waals surface area contributed by atoms with Crippen LogP contribution in [-0.2, 0) is 16.0 Å². The summed E-state index contributed by atoms with van der Waals surface area (Å²) in [7, 11) is 0. The van der Waals surface area contributed by atoms with E-state index in [1.54, 1.807) is 0 Å². The number of carbonyl (C=O) groups excluding carboxylic acids is 1. The van der Waals surface area contributed by atoms with Crippen LogP contribution in [0, 0.1) is 11.8 Å². The molecule has 0 aromatic heterocycles. The Labute approximate surface area is 257 Å². The second kappa shape index (κ2) is 12.3. The summed E-state index contributed by atoms with van der Waals surface area (Å²) in [6.45, 7) is 9.16. The van der Waals surface area contributed by atoms with Crippen molar-refractivity contribution in [2.24, 2.45) is 11.8 Å². The van der Waals surface area contributed by atoms with Crippen molar-refractivity contribution >= 4 is 17.2 Å². The van der Waals surface area contributed by atoms with Gasteiger partial charge in [-0.1, -0.05) is 50.5 Å². The average Bonchev–Trinajstić information content (AvgIpc) is 3.13. The molecule has 0 spiro atoms. The molecule has 2 atom stereocenters. The zero-order valence-corrected chi connectivity index (χ0v) is 26.4. The molecule has 1 aromatic rings. The van der Waals surface area contributed by atoms with E-state index in [0.29, 0.717) is 25.9 Å². The molecule has 0 radical (unpaired) electrons. The summed E-state index contributed by atoms with van der Waals surface area (Å²) >= 11 is 0. The van der Waals surface area contributed by atoms with Gasteiger partial charge in [-0.15, -0.1) is 5.73 Å². The van der Waals surface area contributed by atoms with E-state index in [2.05, 4.69) is 81.2 Å². The fourth-order valence-corrected chi connectivity index (χ4v) is 7.65. The quantitative estimate of drug-likeness (QED) is 0.353. The van der Waals surface area contributed by atoms with E-state index in [0.717, 1.165) is 79.5 Å². The minimum Gasteiger partial charge on any atom is -0.493 e. The molecule has 3 aliphatic carbocycles. The van der Waals surface area contributed by atoms with Crippen LogP contribution in [0.1, 0.15) is 103 Å². The Bertz CT molecular complexity index is 1530. The molecule has 1 amide bonds. The Kier molecular flexibility index (Phi) is 8.51. The molecule has 43 heavy (non-hydrogen) atoms. The second-order valence-corrected chi connectivity index (χ2v) is 13.4. The number of allylic oxidation sites excluding steroid dienone is 10. The summed E-state index contributed by atoms with van der Waals surface area (Å²) in [5.41, 5.74) is 14.3. The third-order valence-electron chi connectivity index (χ3n) is 10.4. The Balaban J connectivity index is 1.44. The summed E-state index contributed by atoms with van der Waals surface area (Å²) in [6.07, 6.45) is 18.4. The summed E-state index contributed by atoms with van der Waals surface area (Å²) in [6, 6.07) is 6.45. The number of hydrogen-bond donors (Lipinski definition) is 1. The molecule has 4 heteroatoms. The van der Waals surface area contributed by atoms with Gasteiger partial charge in [0, 0.05) is 22.8 Å². The molecule has 1 fully saturated rings. The summed E-state index contributed by atoms with van der Waals surface area (Å²) in [4.78, 5) is 12.6. The van der Waals surface area contributed by atoms with E-state index in [4.69, 9.17) is 4.74 Å². The van der Waals surface area contributed by atoms with E-state index in [1.807, 2.05) is 0 Å². The Morgan fingerprint density at radius 2 is 1.95 bits per heavy atom. The summed E-state index contributed by atoms with van der Waals surface area (Å²) in [5, 5.41) is 3.12. The molecule has 1 aromatic carbocycles. The second-order valence-electron chi connectivity index (χ2n) is 13.4. The monoisotopic (exact) mass is 579 g/mol. The van der Waals surface area contributed by atoms with Crippen molar-refractivity contribution in [2.45, 2.75) is 104 Å². The normalized spacial score (nSPS) is 25.6. The van der Waals surface area contributed by atoms with E-state index >= 15 is 4.39 Å². The van der Waals surface area contributed by atoms with Gasteiger partial charge in [-0.05, 0) is 135 Å². The highest BCUT2D eigenvalue weighted by Gasteiger charge is 2.35. The molecule has 6 rings (SSSR count). The number of ether oxygens (including phenoxy) is 1. The van der Waals surface area contributed by atoms with Gasteiger partial charge in [-0.2, -0.15) is 0 Å². The minimum absolute atomic E-state index is 0.00561. The van der Waals surface area contributed by atoms with Crippen molar-refractivity contribution < 1.29 is 13.9 Å². The number of alkyl halides is 1. The molecule has 5 aliphatic rings. The summed E-state index contributed by atoms with van der Waals surface area (Å²) < 4.78 is 22.2. The number of hydrogen-bond acceptors (Lipinski definition) is 2. The van der Waals surface area contributed by atoms with Crippen LogP contribution in [0.5, 0.6) is 0 Å². The van der Waals surface area contributed by atoms with Crippen LogP contribution in [0.4, 0.5) is 10.1 Å². The minimum atomic E-state index is -1.08. The van der Waals surface area contributed by atoms with Crippen LogP contribution >= 0.6 is 0 Å². The maximum Gasteiger partial charge on any atom is 0.227 e. The smallest absolute Gasteiger partial charge is 0.227 e. The molecule has 1 N–H and O–H groups in total. The maximum absolute atomic E-state index is 16.1. The number of halogens is 1. The number of carbonyl (C=O) groups is 1. The first-order chi connectivity index (χ1) is 20.7. The van der Waals surface area contributed by atoms with Crippen LogP contribution in [0.3, 0.4) is 0 Å². The van der Waals surface area contributed by atoms with Crippen molar-refractivity contribution in [3.8, 4) is 0 Å². The molecular formula is C39H46FNO2. The van der Waals surface area contributed by atoms with Crippen molar-refractivity contribution in [3.05, 3.63) is 98.6 Å². The first kappa shape index (κ1) is 29.7. The maximum atomic E-state index is 16.1. The lowest BCUT2D eigenvalue weighted by atomic mass is 9.78. The van der Waals surface area contributed by atoms with Gasteiger partial charge < -0.3 is 10.1 Å². The largest absolute Gasteiger partial charge is 0.493 e. The van der Waals surface area contributed by atoms with Crippen LogP contribution in [0.25, 0.3) is 5.57 Å². The number of rotatable bonds is 5. The lowest BCUT2D eigenvalue weighted by molar-refractivity contribution is -0.120. The Hall–Kier alpha value is -3.36. The van der Waals surface area contributed by atoms with Crippen molar-refractivity contribution in [2.75, 3.05) is 11.9 Å². The molecule has 0 bridgehead atoms. The fourth-order valence-electron chi connectivity index (χ4n) is 7.65. The molecule has 2 unspecified atom stereocenters. The van der Waals surface area contributed by atoms with Gasteiger partial charge in [0.15, 0.2) is 0 Å². The van der Waals surface area contributed by atoms with Gasteiger partial charge in [-0.3, -0.25) is 4.79 Å². The lowest BCUT2D eigenvalue weighted by Gasteiger charge is -2.32. The van der Waals surface area contributed by atoms with Gasteiger partial charge >= 0.3 is 0 Å². The number of benzene rings is 1. The van der Waals surface area contributed by atoms with E-state index in [9.17, 15) is 4.79 Å². The summed E-state index contributed by atoms with van der Waals surface area (Å²) in [5.74, 6) is 1.23. The predicted molar refractivity (Wildman–Crippen MR) is 174 cm³/mol.